The van der Waals surface area contributed by atoms with Crippen LogP contribution in [0.3, 0.4) is 0 Å². The molecular formula is C7H12N4S. The van der Waals surface area contributed by atoms with Crippen molar-refractivity contribution in [2.75, 3.05) is 17.2 Å². The van der Waals surface area contributed by atoms with Crippen LogP contribution in [-0.4, -0.2) is 15.7 Å². The Labute approximate surface area is 75.8 Å². The number of anilines is 2. The Morgan fingerprint density at radius 1 is 1.33 bits per heavy atom. The van der Waals surface area contributed by atoms with Gasteiger partial charge < -0.3 is 11.5 Å². The predicted molar refractivity (Wildman–Crippen MR) is 52.0 cm³/mol. The average Bonchev–Trinajstić information content (AvgIpc) is 1.96. The molecule has 4 nitrogen and oxygen atoms in total. The van der Waals surface area contributed by atoms with Gasteiger partial charge in [0.2, 0.25) is 5.95 Å². The molecule has 4 N–H and O–H groups in total. The maximum atomic E-state index is 5.66. The van der Waals surface area contributed by atoms with Crippen LogP contribution in [0.1, 0.15) is 12.6 Å². The van der Waals surface area contributed by atoms with E-state index in [2.05, 4.69) is 16.9 Å². The number of aromatic nitrogens is 2. The molecule has 0 aliphatic heterocycles. The Morgan fingerprint density at radius 2 is 2.00 bits per heavy atom. The second-order valence-corrected chi connectivity index (χ2v) is 3.59. The summed E-state index contributed by atoms with van der Waals surface area (Å²) in [6.07, 6.45) is 0. The first kappa shape index (κ1) is 9.12. The van der Waals surface area contributed by atoms with Gasteiger partial charge in [0, 0.05) is 0 Å². The van der Waals surface area contributed by atoms with Crippen LogP contribution in [0.2, 0.25) is 0 Å². The fraction of sp³-hybridized carbons (Fsp3) is 0.429. The van der Waals surface area contributed by atoms with E-state index in [0.29, 0.717) is 5.82 Å². The highest BCUT2D eigenvalue weighted by atomic mass is 32.2. The van der Waals surface area contributed by atoms with E-state index in [0.717, 1.165) is 16.3 Å². The summed E-state index contributed by atoms with van der Waals surface area (Å²) in [6, 6.07) is 0. The minimum absolute atomic E-state index is 0.241. The van der Waals surface area contributed by atoms with E-state index >= 15 is 0 Å². The van der Waals surface area contributed by atoms with E-state index in [-0.39, 0.29) is 5.95 Å². The molecule has 0 radical (unpaired) electrons. The van der Waals surface area contributed by atoms with Gasteiger partial charge in [-0.1, -0.05) is 6.92 Å². The van der Waals surface area contributed by atoms with Crippen molar-refractivity contribution < 1.29 is 0 Å². The first-order valence-electron chi connectivity index (χ1n) is 3.67. The van der Waals surface area contributed by atoms with Crippen LogP contribution in [0.25, 0.3) is 0 Å². The topological polar surface area (TPSA) is 77.8 Å². The van der Waals surface area contributed by atoms with Crippen molar-refractivity contribution in [3.8, 4) is 0 Å². The highest BCUT2D eigenvalue weighted by Crippen LogP contribution is 2.25. The van der Waals surface area contributed by atoms with Crippen molar-refractivity contribution in [3.05, 3.63) is 5.69 Å². The predicted octanol–water partition coefficient (Wildman–Crippen LogP) is 1.06. The molecule has 1 aromatic rings. The van der Waals surface area contributed by atoms with Gasteiger partial charge in [0.1, 0.15) is 5.82 Å². The number of thioether (sulfide) groups is 1. The van der Waals surface area contributed by atoms with Crippen LogP contribution in [0.4, 0.5) is 11.8 Å². The summed E-state index contributed by atoms with van der Waals surface area (Å²) in [5.74, 6) is 1.68. The monoisotopic (exact) mass is 184 g/mol. The molecule has 0 unspecified atom stereocenters. The Balaban J connectivity index is 3.10. The van der Waals surface area contributed by atoms with Gasteiger partial charge in [-0.05, 0) is 12.7 Å². The average molecular weight is 184 g/mol. The maximum Gasteiger partial charge on any atom is 0.222 e. The highest BCUT2D eigenvalue weighted by molar-refractivity contribution is 7.99. The van der Waals surface area contributed by atoms with Gasteiger partial charge in [-0.3, -0.25) is 0 Å². The van der Waals surface area contributed by atoms with E-state index in [4.69, 9.17) is 11.5 Å². The number of hydrogen-bond acceptors (Lipinski definition) is 5. The number of rotatable bonds is 2. The van der Waals surface area contributed by atoms with E-state index < -0.39 is 0 Å². The SMILES string of the molecule is CCSc1c(C)nc(N)nc1N. The fourth-order valence-corrected chi connectivity index (χ4v) is 1.67. The zero-order valence-electron chi connectivity index (χ0n) is 7.16. The molecule has 0 saturated carbocycles. The lowest BCUT2D eigenvalue weighted by atomic mass is 10.4. The third-order valence-electron chi connectivity index (χ3n) is 1.37. The molecule has 0 aliphatic carbocycles. The third kappa shape index (κ3) is 1.79. The molecule has 1 heterocycles. The molecule has 0 bridgehead atoms. The second-order valence-electron chi connectivity index (χ2n) is 2.31. The molecule has 0 amide bonds. The van der Waals surface area contributed by atoms with Gasteiger partial charge in [0.15, 0.2) is 0 Å². The molecule has 1 rings (SSSR count). The van der Waals surface area contributed by atoms with Crippen molar-refractivity contribution in [1.29, 1.82) is 0 Å². The van der Waals surface area contributed by atoms with Crippen molar-refractivity contribution in [3.63, 3.8) is 0 Å². The largest absolute Gasteiger partial charge is 0.383 e. The van der Waals surface area contributed by atoms with Crippen molar-refractivity contribution in [2.45, 2.75) is 18.7 Å². The quantitative estimate of drug-likeness (QED) is 0.672. The minimum Gasteiger partial charge on any atom is -0.383 e. The molecule has 5 heteroatoms. The van der Waals surface area contributed by atoms with Gasteiger partial charge >= 0.3 is 0 Å². The summed E-state index contributed by atoms with van der Waals surface area (Å²) < 4.78 is 0. The number of hydrogen-bond donors (Lipinski definition) is 2. The van der Waals surface area contributed by atoms with Crippen LogP contribution >= 0.6 is 11.8 Å². The van der Waals surface area contributed by atoms with Crippen LogP contribution < -0.4 is 11.5 Å². The summed E-state index contributed by atoms with van der Waals surface area (Å²) in [5.41, 5.74) is 11.9. The molecular weight excluding hydrogens is 172 g/mol. The van der Waals surface area contributed by atoms with Gasteiger partial charge in [-0.2, -0.15) is 4.98 Å². The number of aryl methyl sites for hydroxylation is 1. The van der Waals surface area contributed by atoms with Gasteiger partial charge in [0.25, 0.3) is 0 Å². The zero-order valence-corrected chi connectivity index (χ0v) is 7.98. The van der Waals surface area contributed by atoms with Crippen LogP contribution in [0.15, 0.2) is 4.90 Å². The van der Waals surface area contributed by atoms with Crippen LogP contribution in [-0.2, 0) is 0 Å². The molecule has 0 spiro atoms. The third-order valence-corrected chi connectivity index (χ3v) is 2.45. The Kier molecular flexibility index (Phi) is 2.75. The fourth-order valence-electron chi connectivity index (χ4n) is 0.930. The van der Waals surface area contributed by atoms with Crippen molar-refractivity contribution in [1.82, 2.24) is 9.97 Å². The first-order valence-corrected chi connectivity index (χ1v) is 4.66. The molecule has 0 saturated heterocycles. The van der Waals surface area contributed by atoms with Gasteiger partial charge in [0.05, 0.1) is 10.6 Å². The number of nitrogen functional groups attached to an aromatic ring is 2. The smallest absolute Gasteiger partial charge is 0.222 e. The second kappa shape index (κ2) is 3.62. The summed E-state index contributed by atoms with van der Waals surface area (Å²) in [7, 11) is 0. The standard InChI is InChI=1S/C7H12N4S/c1-3-12-5-4(2)10-7(9)11-6(5)8/h3H2,1-2H3,(H4,8,9,10,11). The van der Waals surface area contributed by atoms with Crippen molar-refractivity contribution >= 4 is 23.5 Å². The van der Waals surface area contributed by atoms with Crippen LogP contribution in [0, 0.1) is 6.92 Å². The summed E-state index contributed by atoms with van der Waals surface area (Å²) >= 11 is 1.63. The molecule has 66 valence electrons. The Hall–Kier alpha value is -0.970. The Bertz CT molecular complexity index is 264. The lowest BCUT2D eigenvalue weighted by Crippen LogP contribution is -2.03. The highest BCUT2D eigenvalue weighted by Gasteiger charge is 2.06. The summed E-state index contributed by atoms with van der Waals surface area (Å²) in [6.45, 7) is 3.94. The Morgan fingerprint density at radius 3 is 2.50 bits per heavy atom. The van der Waals surface area contributed by atoms with Crippen LogP contribution in [0.5, 0.6) is 0 Å². The van der Waals surface area contributed by atoms with E-state index in [9.17, 15) is 0 Å². The maximum absolute atomic E-state index is 5.66. The molecule has 0 fully saturated rings. The molecule has 0 aliphatic rings. The van der Waals surface area contributed by atoms with E-state index in [1.165, 1.54) is 0 Å². The first-order chi connectivity index (χ1) is 5.65. The molecule has 0 atom stereocenters. The van der Waals surface area contributed by atoms with E-state index in [1.54, 1.807) is 11.8 Å². The zero-order chi connectivity index (χ0) is 9.14. The lowest BCUT2D eigenvalue weighted by molar-refractivity contribution is 1.05. The number of nitrogens with zero attached hydrogens (tertiary/aromatic N) is 2. The molecule has 0 aromatic carbocycles. The van der Waals surface area contributed by atoms with Gasteiger partial charge in [-0.25, -0.2) is 4.98 Å². The van der Waals surface area contributed by atoms with Gasteiger partial charge in [-0.15, -0.1) is 11.8 Å². The molecule has 12 heavy (non-hydrogen) atoms. The normalized spacial score (nSPS) is 10.2. The summed E-state index contributed by atoms with van der Waals surface area (Å²) in [5, 5.41) is 0. The molecule has 1 aromatic heterocycles. The minimum atomic E-state index is 0.241. The van der Waals surface area contributed by atoms with E-state index in [1.807, 2.05) is 6.92 Å². The van der Waals surface area contributed by atoms with Crippen molar-refractivity contribution in [2.24, 2.45) is 0 Å². The lowest BCUT2D eigenvalue weighted by Gasteiger charge is -2.06. The number of nitrogens with two attached hydrogens (primary N) is 2. The summed E-state index contributed by atoms with van der Waals surface area (Å²) in [4.78, 5) is 8.83.